The number of anilines is 2. The smallest absolute Gasteiger partial charge is 0.239 e. The van der Waals surface area contributed by atoms with Crippen molar-refractivity contribution in [3.8, 4) is 0 Å². The van der Waals surface area contributed by atoms with Crippen molar-refractivity contribution >= 4 is 54.2 Å². The first-order valence-electron chi connectivity index (χ1n) is 7.78. The maximum Gasteiger partial charge on any atom is 0.239 e. The Kier molecular flexibility index (Phi) is 4.98. The fraction of sp³-hybridized carbons (Fsp3) is 0.500. The van der Waals surface area contributed by atoms with Crippen LogP contribution in [0.5, 0.6) is 0 Å². The fourth-order valence-corrected chi connectivity index (χ4v) is 3.70. The van der Waals surface area contributed by atoms with Gasteiger partial charge >= 0.3 is 0 Å². The average molecular weight is 382 g/mol. The summed E-state index contributed by atoms with van der Waals surface area (Å²) < 4.78 is 1.13. The Morgan fingerprint density at radius 2 is 2.18 bits per heavy atom. The molecule has 6 heteroatoms. The van der Waals surface area contributed by atoms with E-state index in [-0.39, 0.29) is 10.7 Å². The van der Waals surface area contributed by atoms with Gasteiger partial charge in [0.15, 0.2) is 5.13 Å². The molecule has 1 aliphatic heterocycles. The number of carbonyl (C=O) groups is 1. The van der Waals surface area contributed by atoms with Crippen LogP contribution in [0.25, 0.3) is 10.2 Å². The third-order valence-corrected chi connectivity index (χ3v) is 5.96. The van der Waals surface area contributed by atoms with E-state index < -0.39 is 0 Å². The number of fused-ring (bicyclic) bond motifs is 1. The third-order valence-electron chi connectivity index (χ3n) is 3.97. The molecule has 1 aromatic heterocycles. The van der Waals surface area contributed by atoms with Crippen LogP contribution in [0.2, 0.25) is 0 Å². The molecule has 0 saturated carbocycles. The van der Waals surface area contributed by atoms with Crippen molar-refractivity contribution in [2.75, 3.05) is 23.3 Å². The number of hydrogen-bond acceptors (Lipinski definition) is 4. The van der Waals surface area contributed by atoms with Crippen LogP contribution < -0.4 is 10.2 Å². The lowest BCUT2D eigenvalue weighted by Crippen LogP contribution is -2.29. The molecule has 1 aliphatic rings. The molecule has 1 saturated heterocycles. The summed E-state index contributed by atoms with van der Waals surface area (Å²) in [6, 6.07) is 6.38. The Labute approximate surface area is 143 Å². The number of nitrogens with zero attached hydrogens (tertiary/aromatic N) is 2. The lowest BCUT2D eigenvalue weighted by molar-refractivity contribution is -0.115. The van der Waals surface area contributed by atoms with Gasteiger partial charge in [-0.15, -0.1) is 0 Å². The monoisotopic (exact) mass is 381 g/mol. The highest BCUT2D eigenvalue weighted by Crippen LogP contribution is 2.31. The molecule has 3 rings (SSSR count). The summed E-state index contributed by atoms with van der Waals surface area (Å²) in [5, 5.41) is 3.56. The van der Waals surface area contributed by atoms with Crippen LogP contribution in [-0.2, 0) is 4.79 Å². The lowest BCUT2D eigenvalue weighted by atomic mass is 10.1. The molecule has 1 N–H and O–H groups in total. The first-order chi connectivity index (χ1) is 10.7. The highest BCUT2D eigenvalue weighted by molar-refractivity contribution is 9.10. The molecule has 22 heavy (non-hydrogen) atoms. The molecule has 118 valence electrons. The normalized spacial score (nSPS) is 16.7. The molecule has 1 aromatic carbocycles. The highest BCUT2D eigenvalue weighted by atomic mass is 79.9. The molecule has 0 aliphatic carbocycles. The van der Waals surface area contributed by atoms with E-state index in [4.69, 9.17) is 0 Å². The van der Waals surface area contributed by atoms with Crippen LogP contribution in [0.1, 0.15) is 32.6 Å². The Hall–Kier alpha value is -1.14. The Bertz CT molecular complexity index is 666. The van der Waals surface area contributed by atoms with Crippen LogP contribution in [0.4, 0.5) is 10.8 Å². The minimum Gasteiger partial charge on any atom is -0.371 e. The Morgan fingerprint density at radius 1 is 1.41 bits per heavy atom. The quantitative estimate of drug-likeness (QED) is 0.798. The number of halogens is 1. The van der Waals surface area contributed by atoms with E-state index in [1.165, 1.54) is 24.9 Å². The van der Waals surface area contributed by atoms with Crippen molar-refractivity contribution in [2.45, 2.75) is 37.4 Å². The molecular formula is C16H20BrN3OS. The molecule has 1 amide bonds. The molecule has 2 aromatic rings. The molecule has 0 unspecified atom stereocenters. The van der Waals surface area contributed by atoms with Crippen molar-refractivity contribution in [3.63, 3.8) is 0 Å². The van der Waals surface area contributed by atoms with Gasteiger partial charge in [-0.2, -0.15) is 0 Å². The second kappa shape index (κ2) is 6.96. The summed E-state index contributed by atoms with van der Waals surface area (Å²) in [7, 11) is 0. The number of piperidine rings is 1. The van der Waals surface area contributed by atoms with Gasteiger partial charge in [-0.3, -0.25) is 4.79 Å². The van der Waals surface area contributed by atoms with Crippen molar-refractivity contribution in [1.29, 1.82) is 0 Å². The van der Waals surface area contributed by atoms with Gasteiger partial charge in [0.2, 0.25) is 5.91 Å². The highest BCUT2D eigenvalue weighted by Gasteiger charge is 2.16. The molecule has 1 atom stereocenters. The van der Waals surface area contributed by atoms with Gasteiger partial charge in [0, 0.05) is 18.8 Å². The first-order valence-corrected chi connectivity index (χ1v) is 9.51. The van der Waals surface area contributed by atoms with Crippen LogP contribution in [0.15, 0.2) is 18.2 Å². The van der Waals surface area contributed by atoms with Gasteiger partial charge in [0.25, 0.3) is 0 Å². The van der Waals surface area contributed by atoms with Crippen molar-refractivity contribution < 1.29 is 4.79 Å². The van der Waals surface area contributed by atoms with Crippen LogP contribution in [-0.4, -0.2) is 28.8 Å². The SMILES string of the molecule is CC[C@@H](Br)C(=O)Nc1nc2ccc(N3CCCCC3)cc2s1. The number of thiazole rings is 1. The number of alkyl halides is 1. The van der Waals surface area contributed by atoms with Gasteiger partial charge in [-0.1, -0.05) is 34.2 Å². The van der Waals surface area contributed by atoms with Crippen molar-refractivity contribution in [2.24, 2.45) is 0 Å². The largest absolute Gasteiger partial charge is 0.371 e. The van der Waals surface area contributed by atoms with E-state index in [2.05, 4.69) is 49.3 Å². The van der Waals surface area contributed by atoms with Gasteiger partial charge in [-0.05, 0) is 43.9 Å². The maximum atomic E-state index is 11.9. The molecule has 0 radical (unpaired) electrons. The number of benzene rings is 1. The van der Waals surface area contributed by atoms with Crippen molar-refractivity contribution in [3.05, 3.63) is 18.2 Å². The maximum absolute atomic E-state index is 11.9. The minimum atomic E-state index is -0.163. The molecular weight excluding hydrogens is 362 g/mol. The average Bonchev–Trinajstić information content (AvgIpc) is 2.96. The summed E-state index contributed by atoms with van der Waals surface area (Å²) in [6.45, 7) is 4.24. The van der Waals surface area contributed by atoms with Crippen LogP contribution >= 0.6 is 27.3 Å². The van der Waals surface area contributed by atoms with Crippen LogP contribution in [0.3, 0.4) is 0 Å². The van der Waals surface area contributed by atoms with E-state index in [0.29, 0.717) is 5.13 Å². The Balaban J connectivity index is 1.79. The third kappa shape index (κ3) is 3.43. The summed E-state index contributed by atoms with van der Waals surface area (Å²) in [5.74, 6) is -0.0298. The van der Waals surface area contributed by atoms with Gasteiger partial charge < -0.3 is 10.2 Å². The number of carbonyl (C=O) groups excluding carboxylic acids is 1. The van der Waals surface area contributed by atoms with Gasteiger partial charge in [-0.25, -0.2) is 4.98 Å². The zero-order valence-corrected chi connectivity index (χ0v) is 15.0. The second-order valence-corrected chi connectivity index (χ2v) is 7.72. The molecule has 0 bridgehead atoms. The summed E-state index contributed by atoms with van der Waals surface area (Å²) in [4.78, 5) is 18.7. The summed E-state index contributed by atoms with van der Waals surface area (Å²) in [5.41, 5.74) is 2.21. The predicted octanol–water partition coefficient (Wildman–Crippen LogP) is 4.40. The Morgan fingerprint density at radius 3 is 2.91 bits per heavy atom. The minimum absolute atomic E-state index is 0.0298. The zero-order valence-electron chi connectivity index (χ0n) is 12.6. The number of nitrogens with one attached hydrogen (secondary N) is 1. The predicted molar refractivity (Wildman–Crippen MR) is 97.3 cm³/mol. The number of rotatable bonds is 4. The van der Waals surface area contributed by atoms with E-state index in [0.717, 1.165) is 29.7 Å². The van der Waals surface area contributed by atoms with Gasteiger partial charge in [0.05, 0.1) is 15.0 Å². The number of aromatic nitrogens is 1. The fourth-order valence-electron chi connectivity index (χ4n) is 2.68. The number of hydrogen-bond donors (Lipinski definition) is 1. The topological polar surface area (TPSA) is 45.2 Å². The first kappa shape index (κ1) is 15.7. The van der Waals surface area contributed by atoms with E-state index in [9.17, 15) is 4.79 Å². The van der Waals surface area contributed by atoms with Crippen LogP contribution in [0, 0.1) is 0 Å². The molecule has 0 spiro atoms. The second-order valence-electron chi connectivity index (χ2n) is 5.58. The van der Waals surface area contributed by atoms with E-state index in [1.54, 1.807) is 11.3 Å². The van der Waals surface area contributed by atoms with Crippen molar-refractivity contribution in [1.82, 2.24) is 4.98 Å². The zero-order chi connectivity index (χ0) is 15.5. The lowest BCUT2D eigenvalue weighted by Gasteiger charge is -2.28. The standard InChI is InChI=1S/C16H20BrN3OS/c1-2-12(17)15(21)19-16-18-13-7-6-11(10-14(13)22-16)20-8-4-3-5-9-20/h6-7,10,12H,2-5,8-9H2,1H3,(H,18,19,21)/t12-/m1/s1. The summed E-state index contributed by atoms with van der Waals surface area (Å²) in [6.07, 6.45) is 4.63. The molecule has 1 fully saturated rings. The van der Waals surface area contributed by atoms with E-state index in [1.807, 2.05) is 6.92 Å². The van der Waals surface area contributed by atoms with E-state index >= 15 is 0 Å². The number of amides is 1. The molecule has 2 heterocycles. The molecule has 4 nitrogen and oxygen atoms in total. The van der Waals surface area contributed by atoms with Gasteiger partial charge in [0.1, 0.15) is 0 Å². The summed E-state index contributed by atoms with van der Waals surface area (Å²) >= 11 is 4.91.